The maximum Gasteiger partial charge on any atom is 0.0409 e. The van der Waals surface area contributed by atoms with Crippen molar-refractivity contribution < 1.29 is 0 Å². The molecule has 0 amide bonds. The van der Waals surface area contributed by atoms with Gasteiger partial charge >= 0.3 is 0 Å². The van der Waals surface area contributed by atoms with Crippen LogP contribution in [0.5, 0.6) is 0 Å². The fourth-order valence-electron chi connectivity index (χ4n) is 2.62. The Labute approximate surface area is 135 Å². The van der Waals surface area contributed by atoms with Crippen LogP contribution in [-0.4, -0.2) is 31.1 Å². The topological polar surface area (TPSA) is 15.3 Å². The van der Waals surface area contributed by atoms with Gasteiger partial charge in [0.05, 0.1) is 0 Å². The molecular weight excluding hydrogens is 280 g/mol. The minimum absolute atomic E-state index is 0.389. The van der Waals surface area contributed by atoms with Gasteiger partial charge in [-0.05, 0) is 49.7 Å². The predicted octanol–water partition coefficient (Wildman–Crippen LogP) is 4.75. The molecule has 0 aliphatic rings. The van der Waals surface area contributed by atoms with E-state index in [0.717, 1.165) is 37.0 Å². The molecule has 2 nitrogen and oxygen atoms in total. The van der Waals surface area contributed by atoms with Crippen LogP contribution in [0.25, 0.3) is 0 Å². The highest BCUT2D eigenvalue weighted by atomic mass is 35.5. The summed E-state index contributed by atoms with van der Waals surface area (Å²) in [5, 5.41) is 4.41. The number of rotatable bonds is 10. The van der Waals surface area contributed by atoms with E-state index in [1.54, 1.807) is 0 Å². The van der Waals surface area contributed by atoms with E-state index < -0.39 is 0 Å². The zero-order valence-electron chi connectivity index (χ0n) is 14.0. The largest absolute Gasteiger partial charge is 0.310 e. The summed E-state index contributed by atoms with van der Waals surface area (Å²) in [6.07, 6.45) is 2.37. The first kappa shape index (κ1) is 18.5. The highest BCUT2D eigenvalue weighted by molar-refractivity contribution is 6.30. The number of hydrogen-bond acceptors (Lipinski definition) is 2. The molecule has 0 spiro atoms. The van der Waals surface area contributed by atoms with Crippen molar-refractivity contribution in [2.24, 2.45) is 5.92 Å². The second-order valence-electron chi connectivity index (χ2n) is 5.86. The average Bonchev–Trinajstić information content (AvgIpc) is 2.49. The summed E-state index contributed by atoms with van der Waals surface area (Å²) in [5.41, 5.74) is 1.30. The second kappa shape index (κ2) is 10.2. The molecule has 0 aromatic heterocycles. The Kier molecular flexibility index (Phi) is 8.98. The fraction of sp³-hybridized carbons (Fsp3) is 0.667. The van der Waals surface area contributed by atoms with Crippen molar-refractivity contribution in [1.82, 2.24) is 10.2 Å². The van der Waals surface area contributed by atoms with Gasteiger partial charge in [-0.15, -0.1) is 0 Å². The standard InChI is InChI=1S/C18H31ClN2/c1-5-15(4)14-21(7-3)12-11-18(20-6-2)16-9-8-10-17(19)13-16/h8-10,13,15,18,20H,5-7,11-12,14H2,1-4H3. The molecule has 1 N–H and O–H groups in total. The van der Waals surface area contributed by atoms with Crippen LogP contribution < -0.4 is 5.32 Å². The van der Waals surface area contributed by atoms with Crippen LogP contribution in [0.2, 0.25) is 5.02 Å². The van der Waals surface area contributed by atoms with Crippen molar-refractivity contribution in [3.05, 3.63) is 34.9 Å². The quantitative estimate of drug-likeness (QED) is 0.671. The first-order valence-corrected chi connectivity index (χ1v) is 8.69. The van der Waals surface area contributed by atoms with Crippen LogP contribution in [0.15, 0.2) is 24.3 Å². The maximum atomic E-state index is 6.13. The Bertz CT molecular complexity index is 395. The van der Waals surface area contributed by atoms with Gasteiger partial charge in [-0.3, -0.25) is 0 Å². The van der Waals surface area contributed by atoms with Gasteiger partial charge in [0, 0.05) is 17.6 Å². The van der Waals surface area contributed by atoms with Crippen LogP contribution in [0, 0.1) is 5.92 Å². The molecule has 2 atom stereocenters. The zero-order valence-corrected chi connectivity index (χ0v) is 14.8. The van der Waals surface area contributed by atoms with Crippen molar-refractivity contribution in [3.63, 3.8) is 0 Å². The Morgan fingerprint density at radius 1 is 1.24 bits per heavy atom. The Morgan fingerprint density at radius 3 is 2.57 bits per heavy atom. The SMILES string of the molecule is CCNC(CCN(CC)CC(C)CC)c1cccc(Cl)c1. The third kappa shape index (κ3) is 6.82. The number of nitrogens with one attached hydrogen (secondary N) is 1. The van der Waals surface area contributed by atoms with E-state index in [4.69, 9.17) is 11.6 Å². The molecule has 0 heterocycles. The lowest BCUT2D eigenvalue weighted by molar-refractivity contribution is 0.233. The van der Waals surface area contributed by atoms with Gasteiger partial charge in [0.25, 0.3) is 0 Å². The number of hydrogen-bond donors (Lipinski definition) is 1. The lowest BCUT2D eigenvalue weighted by Crippen LogP contribution is -2.32. The van der Waals surface area contributed by atoms with Crippen LogP contribution in [0.1, 0.15) is 52.1 Å². The monoisotopic (exact) mass is 310 g/mol. The van der Waals surface area contributed by atoms with Crippen molar-refractivity contribution in [2.75, 3.05) is 26.2 Å². The molecule has 0 radical (unpaired) electrons. The summed E-state index contributed by atoms with van der Waals surface area (Å²) in [7, 11) is 0. The molecule has 0 bridgehead atoms. The molecule has 1 aromatic carbocycles. The van der Waals surface area contributed by atoms with E-state index in [1.807, 2.05) is 12.1 Å². The molecular formula is C18H31ClN2. The Balaban J connectivity index is 2.61. The van der Waals surface area contributed by atoms with E-state index in [1.165, 1.54) is 18.5 Å². The number of halogens is 1. The smallest absolute Gasteiger partial charge is 0.0409 e. The maximum absolute atomic E-state index is 6.13. The summed E-state index contributed by atoms with van der Waals surface area (Å²) >= 11 is 6.13. The minimum atomic E-state index is 0.389. The molecule has 120 valence electrons. The molecule has 0 saturated carbocycles. The molecule has 21 heavy (non-hydrogen) atoms. The normalized spacial score (nSPS) is 14.4. The lowest BCUT2D eigenvalue weighted by atomic mass is 10.0. The van der Waals surface area contributed by atoms with Gasteiger partial charge in [-0.25, -0.2) is 0 Å². The van der Waals surface area contributed by atoms with E-state index in [2.05, 4.69) is 50.0 Å². The average molecular weight is 311 g/mol. The Morgan fingerprint density at radius 2 is 2.00 bits per heavy atom. The van der Waals surface area contributed by atoms with Crippen LogP contribution >= 0.6 is 11.6 Å². The molecule has 3 heteroatoms. The third-order valence-corrected chi connectivity index (χ3v) is 4.38. The van der Waals surface area contributed by atoms with Crippen molar-refractivity contribution in [1.29, 1.82) is 0 Å². The van der Waals surface area contributed by atoms with Crippen molar-refractivity contribution in [3.8, 4) is 0 Å². The van der Waals surface area contributed by atoms with Gasteiger partial charge in [0.2, 0.25) is 0 Å². The molecule has 0 saturated heterocycles. The molecule has 1 aromatic rings. The van der Waals surface area contributed by atoms with E-state index in [-0.39, 0.29) is 0 Å². The van der Waals surface area contributed by atoms with Gasteiger partial charge in [-0.1, -0.05) is 57.8 Å². The van der Waals surface area contributed by atoms with Gasteiger partial charge in [-0.2, -0.15) is 0 Å². The van der Waals surface area contributed by atoms with E-state index in [0.29, 0.717) is 6.04 Å². The minimum Gasteiger partial charge on any atom is -0.310 e. The van der Waals surface area contributed by atoms with E-state index in [9.17, 15) is 0 Å². The van der Waals surface area contributed by atoms with Crippen LogP contribution in [0.3, 0.4) is 0 Å². The third-order valence-electron chi connectivity index (χ3n) is 4.15. The van der Waals surface area contributed by atoms with Gasteiger partial charge in [0.1, 0.15) is 0 Å². The van der Waals surface area contributed by atoms with E-state index >= 15 is 0 Å². The second-order valence-corrected chi connectivity index (χ2v) is 6.30. The summed E-state index contributed by atoms with van der Waals surface area (Å²) < 4.78 is 0. The predicted molar refractivity (Wildman–Crippen MR) is 94.1 cm³/mol. The van der Waals surface area contributed by atoms with Crippen LogP contribution in [0.4, 0.5) is 0 Å². The van der Waals surface area contributed by atoms with Gasteiger partial charge in [0.15, 0.2) is 0 Å². The highest BCUT2D eigenvalue weighted by Crippen LogP contribution is 2.21. The first-order chi connectivity index (χ1) is 10.1. The van der Waals surface area contributed by atoms with Crippen molar-refractivity contribution >= 4 is 11.6 Å². The van der Waals surface area contributed by atoms with Gasteiger partial charge < -0.3 is 10.2 Å². The van der Waals surface area contributed by atoms with Crippen LogP contribution in [-0.2, 0) is 0 Å². The lowest BCUT2D eigenvalue weighted by Gasteiger charge is -2.27. The summed E-state index contributed by atoms with van der Waals surface area (Å²) in [4.78, 5) is 2.56. The molecule has 1 rings (SSSR count). The zero-order chi connectivity index (χ0) is 15.7. The number of benzene rings is 1. The van der Waals surface area contributed by atoms with Crippen molar-refractivity contribution in [2.45, 2.75) is 46.6 Å². The summed E-state index contributed by atoms with van der Waals surface area (Å²) in [5.74, 6) is 0.772. The number of nitrogens with zero attached hydrogens (tertiary/aromatic N) is 1. The summed E-state index contributed by atoms with van der Waals surface area (Å²) in [6, 6.07) is 8.62. The highest BCUT2D eigenvalue weighted by Gasteiger charge is 2.13. The fourth-order valence-corrected chi connectivity index (χ4v) is 2.82. The first-order valence-electron chi connectivity index (χ1n) is 8.31. The molecule has 2 unspecified atom stereocenters. The Hall–Kier alpha value is -0.570. The molecule has 0 aliphatic carbocycles. The molecule has 0 fully saturated rings. The summed E-state index contributed by atoms with van der Waals surface area (Å²) in [6.45, 7) is 13.4. The molecule has 0 aliphatic heterocycles.